The number of benzene rings is 1. The Morgan fingerprint density at radius 3 is 1.84 bits per heavy atom. The van der Waals surface area contributed by atoms with Crippen molar-refractivity contribution in [3.8, 4) is 11.3 Å². The zero-order valence-corrected chi connectivity index (χ0v) is 19.6. The Kier molecular flexibility index (Phi) is 4.63. The van der Waals surface area contributed by atoms with Crippen LogP contribution in [0.4, 0.5) is 0 Å². The first kappa shape index (κ1) is 21.0. The molecule has 2 aromatic rings. The predicted molar refractivity (Wildman–Crippen MR) is 125 cm³/mol. The second-order valence-electron chi connectivity index (χ2n) is 11.3. The Hall–Kier alpha value is -2.88. The van der Waals surface area contributed by atoms with Crippen LogP contribution in [0.2, 0.25) is 0 Å². The molecule has 0 unspecified atom stereocenters. The van der Waals surface area contributed by atoms with Crippen molar-refractivity contribution in [3.05, 3.63) is 70.3 Å². The van der Waals surface area contributed by atoms with E-state index in [0.29, 0.717) is 18.6 Å². The van der Waals surface area contributed by atoms with Crippen LogP contribution in [0, 0.1) is 17.8 Å². The molecule has 2 heterocycles. The van der Waals surface area contributed by atoms with E-state index in [2.05, 4.69) is 52.1 Å². The molecule has 0 amide bonds. The summed E-state index contributed by atoms with van der Waals surface area (Å²) in [5.74, 6) is 1.25. The summed E-state index contributed by atoms with van der Waals surface area (Å²) in [5.41, 5.74) is 5.36. The molecule has 3 aliphatic rings. The van der Waals surface area contributed by atoms with E-state index in [1.54, 1.807) is 0 Å². The molecule has 1 aliphatic heterocycles. The van der Waals surface area contributed by atoms with Gasteiger partial charge in [0.2, 0.25) is 0 Å². The zero-order chi connectivity index (χ0) is 22.8. The monoisotopic (exact) mass is 429 g/mol. The number of carbonyl (C=O) groups excluding carboxylic acids is 2. The van der Waals surface area contributed by atoms with Gasteiger partial charge in [-0.15, -0.1) is 0 Å². The minimum absolute atomic E-state index is 0.101. The lowest BCUT2D eigenvalue weighted by molar-refractivity contribution is -0.119. The molecule has 166 valence electrons. The topological polar surface area (TPSA) is 59.3 Å². The predicted octanol–water partition coefficient (Wildman–Crippen LogP) is 6.23. The van der Waals surface area contributed by atoms with Gasteiger partial charge >= 0.3 is 0 Å². The first-order valence-electron chi connectivity index (χ1n) is 11.5. The highest BCUT2D eigenvalue weighted by molar-refractivity contribution is 6.06. The van der Waals surface area contributed by atoms with Gasteiger partial charge in [0.25, 0.3) is 0 Å². The van der Waals surface area contributed by atoms with Gasteiger partial charge in [-0.1, -0.05) is 57.5 Å². The normalized spacial score (nSPS) is 22.5. The second kappa shape index (κ2) is 7.06. The summed E-state index contributed by atoms with van der Waals surface area (Å²) in [5, 5.41) is 3.55. The molecule has 2 aliphatic carbocycles. The number of nitrogens with one attached hydrogen (secondary N) is 1. The fourth-order valence-electron chi connectivity index (χ4n) is 5.55. The summed E-state index contributed by atoms with van der Waals surface area (Å²) in [6.07, 6.45) is 2.55. The van der Waals surface area contributed by atoms with Crippen molar-refractivity contribution in [3.63, 3.8) is 0 Å². The van der Waals surface area contributed by atoms with Gasteiger partial charge in [-0.25, -0.2) is 0 Å². The molecule has 1 aromatic carbocycles. The standard InChI is InChI=1S/C28H31NO3/c1-16-6-8-17(9-7-16)22-10-11-23(32-22)26-24-18(12-27(2,3)14-20(24)30)29-19-13-28(4,5)15-21(31)25(19)26/h6-11,26,29H,12-15H2,1-5H3. The molecule has 4 nitrogen and oxygen atoms in total. The Morgan fingerprint density at radius 2 is 1.31 bits per heavy atom. The number of dihydropyridines is 1. The highest BCUT2D eigenvalue weighted by Gasteiger charge is 2.47. The molecule has 0 saturated carbocycles. The van der Waals surface area contributed by atoms with Crippen molar-refractivity contribution < 1.29 is 14.0 Å². The van der Waals surface area contributed by atoms with E-state index in [0.717, 1.165) is 46.7 Å². The van der Waals surface area contributed by atoms with Crippen LogP contribution in [0.25, 0.3) is 11.3 Å². The van der Waals surface area contributed by atoms with Crippen molar-refractivity contribution in [2.75, 3.05) is 0 Å². The first-order chi connectivity index (χ1) is 15.0. The van der Waals surface area contributed by atoms with E-state index >= 15 is 0 Å². The summed E-state index contributed by atoms with van der Waals surface area (Å²) in [7, 11) is 0. The van der Waals surface area contributed by atoms with Crippen LogP contribution in [-0.2, 0) is 9.59 Å². The van der Waals surface area contributed by atoms with Gasteiger partial charge in [-0.2, -0.15) is 0 Å². The van der Waals surface area contributed by atoms with Crippen LogP contribution in [0.3, 0.4) is 0 Å². The minimum atomic E-state index is -0.423. The van der Waals surface area contributed by atoms with Crippen LogP contribution in [-0.4, -0.2) is 11.6 Å². The molecule has 0 bridgehead atoms. The van der Waals surface area contributed by atoms with Gasteiger partial charge in [0.15, 0.2) is 11.6 Å². The Morgan fingerprint density at radius 1 is 0.781 bits per heavy atom. The van der Waals surface area contributed by atoms with E-state index in [1.165, 1.54) is 5.56 Å². The number of Topliss-reactive ketones (excluding diaryl/α,β-unsaturated/α-hetero) is 2. The summed E-state index contributed by atoms with van der Waals surface area (Å²) < 4.78 is 6.35. The molecule has 0 spiro atoms. The summed E-state index contributed by atoms with van der Waals surface area (Å²) in [4.78, 5) is 26.8. The smallest absolute Gasteiger partial charge is 0.162 e. The largest absolute Gasteiger partial charge is 0.460 e. The lowest BCUT2D eigenvalue weighted by Gasteiger charge is -2.43. The van der Waals surface area contributed by atoms with Crippen LogP contribution in [0.5, 0.6) is 0 Å². The van der Waals surface area contributed by atoms with Crippen molar-refractivity contribution in [2.45, 2.75) is 66.2 Å². The van der Waals surface area contributed by atoms with Crippen molar-refractivity contribution in [1.29, 1.82) is 0 Å². The number of ketones is 2. The van der Waals surface area contributed by atoms with E-state index in [1.807, 2.05) is 24.3 Å². The average molecular weight is 430 g/mol. The molecule has 0 radical (unpaired) electrons. The third-order valence-corrected chi connectivity index (χ3v) is 6.97. The van der Waals surface area contributed by atoms with Gasteiger partial charge in [0.1, 0.15) is 11.5 Å². The number of carbonyl (C=O) groups is 2. The fraction of sp³-hybridized carbons (Fsp3) is 0.429. The van der Waals surface area contributed by atoms with Crippen LogP contribution in [0.1, 0.15) is 70.6 Å². The third-order valence-electron chi connectivity index (χ3n) is 6.97. The zero-order valence-electron chi connectivity index (χ0n) is 19.6. The summed E-state index contributed by atoms with van der Waals surface area (Å²) in [6.45, 7) is 10.6. The van der Waals surface area contributed by atoms with E-state index in [9.17, 15) is 9.59 Å². The molecule has 32 heavy (non-hydrogen) atoms. The summed E-state index contributed by atoms with van der Waals surface area (Å²) >= 11 is 0. The lowest BCUT2D eigenvalue weighted by Crippen LogP contribution is -2.42. The maximum absolute atomic E-state index is 13.4. The van der Waals surface area contributed by atoms with Gasteiger partial charge in [0.05, 0.1) is 5.92 Å². The second-order valence-corrected chi connectivity index (χ2v) is 11.3. The first-order valence-corrected chi connectivity index (χ1v) is 11.5. The fourth-order valence-corrected chi connectivity index (χ4v) is 5.55. The van der Waals surface area contributed by atoms with E-state index in [-0.39, 0.29) is 22.4 Å². The molecule has 1 N–H and O–H groups in total. The van der Waals surface area contributed by atoms with E-state index < -0.39 is 5.92 Å². The Balaban J connectivity index is 1.64. The molecule has 4 heteroatoms. The van der Waals surface area contributed by atoms with Gasteiger partial charge < -0.3 is 9.73 Å². The van der Waals surface area contributed by atoms with Crippen LogP contribution < -0.4 is 5.32 Å². The third kappa shape index (κ3) is 3.56. The van der Waals surface area contributed by atoms with Crippen molar-refractivity contribution in [1.82, 2.24) is 5.32 Å². The minimum Gasteiger partial charge on any atom is -0.460 e. The lowest BCUT2D eigenvalue weighted by atomic mass is 9.65. The molecular weight excluding hydrogens is 398 g/mol. The number of hydrogen-bond acceptors (Lipinski definition) is 4. The van der Waals surface area contributed by atoms with Gasteiger partial charge in [0, 0.05) is 40.9 Å². The SMILES string of the molecule is Cc1ccc(-c2ccc(C3C4=C(CC(C)(C)CC4=O)NC4=C3C(=O)CC(C)(C)C4)o2)cc1. The number of hydrogen-bond donors (Lipinski definition) is 1. The average Bonchev–Trinajstić information content (AvgIpc) is 3.14. The number of rotatable bonds is 2. The Labute approximate surface area is 189 Å². The number of aryl methyl sites for hydroxylation is 1. The van der Waals surface area contributed by atoms with Crippen LogP contribution >= 0.6 is 0 Å². The Bertz CT molecular complexity index is 1140. The highest BCUT2D eigenvalue weighted by atomic mass is 16.3. The molecule has 1 aromatic heterocycles. The molecular formula is C28H31NO3. The maximum Gasteiger partial charge on any atom is 0.162 e. The van der Waals surface area contributed by atoms with Crippen molar-refractivity contribution >= 4 is 11.6 Å². The van der Waals surface area contributed by atoms with E-state index in [4.69, 9.17) is 4.42 Å². The number of allylic oxidation sites excluding steroid dienone is 4. The molecule has 0 atom stereocenters. The van der Waals surface area contributed by atoms with Crippen LogP contribution in [0.15, 0.2) is 63.4 Å². The van der Waals surface area contributed by atoms with Gasteiger partial charge in [-0.3, -0.25) is 9.59 Å². The quantitative estimate of drug-likeness (QED) is 0.615. The maximum atomic E-state index is 13.4. The molecule has 0 fully saturated rings. The highest BCUT2D eigenvalue weighted by Crippen LogP contribution is 2.51. The molecule has 5 rings (SSSR count). The number of furan rings is 1. The molecule has 0 saturated heterocycles. The summed E-state index contributed by atoms with van der Waals surface area (Å²) in [6, 6.07) is 12.1. The van der Waals surface area contributed by atoms with Gasteiger partial charge in [-0.05, 0) is 42.7 Å². The van der Waals surface area contributed by atoms with Crippen molar-refractivity contribution in [2.24, 2.45) is 10.8 Å².